The number of rotatable bonds is 7. The molecule has 0 spiro atoms. The fraction of sp³-hybridized carbons (Fsp3) is 0.357. The normalized spacial score (nSPS) is 11.7. The van der Waals surface area contributed by atoms with Crippen LogP contribution in [0.2, 0.25) is 0 Å². The van der Waals surface area contributed by atoms with E-state index in [2.05, 4.69) is 9.82 Å². The summed E-state index contributed by atoms with van der Waals surface area (Å²) < 4.78 is 28.9. The topological polar surface area (TPSA) is 84.2 Å². The Kier molecular flexibility index (Phi) is 5.11. The van der Waals surface area contributed by atoms with Crippen molar-refractivity contribution in [3.05, 3.63) is 47.8 Å². The third kappa shape index (κ3) is 3.90. The van der Waals surface area contributed by atoms with Crippen LogP contribution in [0.25, 0.3) is 0 Å². The van der Waals surface area contributed by atoms with Crippen molar-refractivity contribution in [1.82, 2.24) is 14.5 Å². The molecule has 0 saturated carbocycles. The molecule has 6 nitrogen and oxygen atoms in total. The number of aryl methyl sites for hydroxylation is 1. The highest BCUT2D eigenvalue weighted by Gasteiger charge is 2.17. The van der Waals surface area contributed by atoms with Gasteiger partial charge >= 0.3 is 0 Å². The molecule has 7 heteroatoms. The van der Waals surface area contributed by atoms with Crippen LogP contribution in [-0.2, 0) is 23.2 Å². The van der Waals surface area contributed by atoms with Crippen molar-refractivity contribution in [2.45, 2.75) is 31.4 Å². The maximum atomic E-state index is 12.3. The highest BCUT2D eigenvalue weighted by Crippen LogP contribution is 2.18. The molecule has 0 saturated heterocycles. The highest BCUT2D eigenvalue weighted by atomic mass is 32.2. The van der Waals surface area contributed by atoms with Crippen LogP contribution < -0.4 is 4.72 Å². The molecule has 0 aliphatic heterocycles. The zero-order valence-corrected chi connectivity index (χ0v) is 12.7. The van der Waals surface area contributed by atoms with Crippen LogP contribution in [0.1, 0.15) is 17.5 Å². The average Bonchev–Trinajstić information content (AvgIpc) is 2.97. The predicted octanol–water partition coefficient (Wildman–Crippen LogP) is 1.05. The minimum atomic E-state index is -3.56. The SMILES string of the molecule is Cc1c(CO)cccc1S(=O)(=O)NCCCn1cccn1. The summed E-state index contributed by atoms with van der Waals surface area (Å²) in [5, 5.41) is 13.3. The summed E-state index contributed by atoms with van der Waals surface area (Å²) >= 11 is 0. The fourth-order valence-electron chi connectivity index (χ4n) is 2.08. The van der Waals surface area contributed by atoms with E-state index in [-0.39, 0.29) is 11.5 Å². The number of sulfonamides is 1. The molecule has 2 aromatic rings. The first-order valence-electron chi connectivity index (χ1n) is 6.71. The van der Waals surface area contributed by atoms with Gasteiger partial charge in [-0.2, -0.15) is 5.10 Å². The Morgan fingerprint density at radius 1 is 1.33 bits per heavy atom. The van der Waals surface area contributed by atoms with Gasteiger partial charge in [-0.3, -0.25) is 4.68 Å². The lowest BCUT2D eigenvalue weighted by Crippen LogP contribution is -2.26. The van der Waals surface area contributed by atoms with Crippen molar-refractivity contribution in [2.75, 3.05) is 6.54 Å². The number of aliphatic hydroxyl groups is 1. The Balaban J connectivity index is 1.98. The molecule has 0 atom stereocenters. The van der Waals surface area contributed by atoms with Gasteiger partial charge in [-0.05, 0) is 36.6 Å². The van der Waals surface area contributed by atoms with Crippen molar-refractivity contribution in [1.29, 1.82) is 0 Å². The van der Waals surface area contributed by atoms with Crippen molar-refractivity contribution in [3.63, 3.8) is 0 Å². The molecule has 0 aliphatic carbocycles. The van der Waals surface area contributed by atoms with E-state index in [0.29, 0.717) is 30.6 Å². The molecule has 1 heterocycles. The van der Waals surface area contributed by atoms with E-state index in [4.69, 9.17) is 0 Å². The Labute approximate surface area is 124 Å². The summed E-state index contributed by atoms with van der Waals surface area (Å²) in [6.45, 7) is 2.52. The van der Waals surface area contributed by atoms with Gasteiger partial charge < -0.3 is 5.11 Å². The number of nitrogens with one attached hydrogen (secondary N) is 1. The molecule has 0 bridgehead atoms. The largest absolute Gasteiger partial charge is 0.392 e. The fourth-order valence-corrected chi connectivity index (χ4v) is 3.44. The molecule has 21 heavy (non-hydrogen) atoms. The van der Waals surface area contributed by atoms with Crippen molar-refractivity contribution in [2.24, 2.45) is 0 Å². The van der Waals surface area contributed by atoms with Gasteiger partial charge in [0.05, 0.1) is 11.5 Å². The monoisotopic (exact) mass is 309 g/mol. The summed E-state index contributed by atoms with van der Waals surface area (Å²) in [6.07, 6.45) is 4.18. The number of hydrogen-bond donors (Lipinski definition) is 2. The molecule has 1 aromatic carbocycles. The first kappa shape index (κ1) is 15.7. The van der Waals surface area contributed by atoms with E-state index in [1.807, 2.05) is 12.3 Å². The zero-order chi connectivity index (χ0) is 15.3. The van der Waals surface area contributed by atoms with Crippen LogP contribution >= 0.6 is 0 Å². The Bertz CT molecular complexity index is 681. The van der Waals surface area contributed by atoms with Crippen LogP contribution in [0.5, 0.6) is 0 Å². The average molecular weight is 309 g/mol. The molecule has 2 N–H and O–H groups in total. The molecule has 114 valence electrons. The Morgan fingerprint density at radius 2 is 2.14 bits per heavy atom. The Morgan fingerprint density at radius 3 is 2.81 bits per heavy atom. The number of aromatic nitrogens is 2. The molecule has 0 amide bonds. The van der Waals surface area contributed by atoms with Crippen LogP contribution in [-0.4, -0.2) is 29.8 Å². The smallest absolute Gasteiger partial charge is 0.240 e. The van der Waals surface area contributed by atoms with E-state index in [9.17, 15) is 13.5 Å². The predicted molar refractivity (Wildman–Crippen MR) is 79.1 cm³/mol. The number of aliphatic hydroxyl groups excluding tert-OH is 1. The lowest BCUT2D eigenvalue weighted by molar-refractivity contribution is 0.280. The van der Waals surface area contributed by atoms with E-state index in [0.717, 1.165) is 0 Å². The van der Waals surface area contributed by atoms with Gasteiger partial charge in [-0.25, -0.2) is 13.1 Å². The molecule has 0 aliphatic rings. The van der Waals surface area contributed by atoms with Crippen LogP contribution in [0.4, 0.5) is 0 Å². The quantitative estimate of drug-likeness (QED) is 0.749. The van der Waals surface area contributed by atoms with Crippen molar-refractivity contribution >= 4 is 10.0 Å². The minimum absolute atomic E-state index is 0.172. The summed E-state index contributed by atoms with van der Waals surface area (Å²) in [5.41, 5.74) is 1.20. The molecular weight excluding hydrogens is 290 g/mol. The second kappa shape index (κ2) is 6.84. The minimum Gasteiger partial charge on any atom is -0.392 e. The lowest BCUT2D eigenvalue weighted by Gasteiger charge is -2.11. The Hall–Kier alpha value is -1.70. The molecule has 0 unspecified atom stereocenters. The van der Waals surface area contributed by atoms with Crippen molar-refractivity contribution in [3.8, 4) is 0 Å². The third-order valence-electron chi connectivity index (χ3n) is 3.27. The molecular formula is C14H19N3O3S. The van der Waals surface area contributed by atoms with Gasteiger partial charge in [0.25, 0.3) is 0 Å². The summed E-state index contributed by atoms with van der Waals surface area (Å²) in [6, 6.07) is 6.72. The van der Waals surface area contributed by atoms with E-state index >= 15 is 0 Å². The third-order valence-corrected chi connectivity index (χ3v) is 4.88. The maximum absolute atomic E-state index is 12.3. The number of hydrogen-bond acceptors (Lipinski definition) is 4. The van der Waals surface area contributed by atoms with E-state index in [1.54, 1.807) is 36.0 Å². The summed E-state index contributed by atoms with van der Waals surface area (Å²) in [7, 11) is -3.56. The lowest BCUT2D eigenvalue weighted by atomic mass is 10.1. The molecule has 0 fully saturated rings. The van der Waals surface area contributed by atoms with Gasteiger partial charge in [0.2, 0.25) is 10.0 Å². The van der Waals surface area contributed by atoms with Crippen molar-refractivity contribution < 1.29 is 13.5 Å². The second-order valence-corrected chi connectivity index (χ2v) is 6.45. The summed E-state index contributed by atoms with van der Waals surface area (Å²) in [5.74, 6) is 0. The van der Waals surface area contributed by atoms with Gasteiger partial charge in [0.15, 0.2) is 0 Å². The maximum Gasteiger partial charge on any atom is 0.240 e. The van der Waals surface area contributed by atoms with Gasteiger partial charge in [-0.1, -0.05) is 12.1 Å². The second-order valence-electron chi connectivity index (χ2n) is 4.72. The standard InChI is InChI=1S/C14H19N3O3S/c1-12-13(11-18)5-2-6-14(12)21(19,20)16-8-4-10-17-9-3-7-15-17/h2-3,5-7,9,16,18H,4,8,10-11H2,1H3. The molecule has 0 radical (unpaired) electrons. The van der Waals surface area contributed by atoms with Gasteiger partial charge in [-0.15, -0.1) is 0 Å². The first-order valence-corrected chi connectivity index (χ1v) is 8.19. The van der Waals surface area contributed by atoms with E-state index in [1.165, 1.54) is 0 Å². The molecule has 1 aromatic heterocycles. The van der Waals surface area contributed by atoms with Crippen LogP contribution in [0, 0.1) is 6.92 Å². The zero-order valence-electron chi connectivity index (χ0n) is 11.9. The first-order chi connectivity index (χ1) is 10.0. The van der Waals surface area contributed by atoms with Crippen LogP contribution in [0.15, 0.2) is 41.6 Å². The number of nitrogens with zero attached hydrogens (tertiary/aromatic N) is 2. The number of benzene rings is 1. The highest BCUT2D eigenvalue weighted by molar-refractivity contribution is 7.89. The summed E-state index contributed by atoms with van der Waals surface area (Å²) in [4.78, 5) is 0.216. The van der Waals surface area contributed by atoms with Gasteiger partial charge in [0, 0.05) is 25.5 Å². The molecule has 2 rings (SSSR count). The van der Waals surface area contributed by atoms with Crippen LogP contribution in [0.3, 0.4) is 0 Å². The van der Waals surface area contributed by atoms with E-state index < -0.39 is 10.0 Å². The van der Waals surface area contributed by atoms with Gasteiger partial charge in [0.1, 0.15) is 0 Å².